The van der Waals surface area contributed by atoms with E-state index in [1.165, 1.54) is 0 Å². The number of halogens is 2. The minimum Gasteiger partial charge on any atom is -0.342 e. The number of hydrogen-bond donors (Lipinski definition) is 1. The van der Waals surface area contributed by atoms with Gasteiger partial charge in [0, 0.05) is 29.4 Å². The Kier molecular flexibility index (Phi) is 5.58. The van der Waals surface area contributed by atoms with Crippen LogP contribution in [-0.2, 0) is 9.59 Å². The Morgan fingerprint density at radius 1 is 1.17 bits per heavy atom. The van der Waals surface area contributed by atoms with Gasteiger partial charge in [0.25, 0.3) is 0 Å². The smallest absolute Gasteiger partial charge is 0.227 e. The van der Waals surface area contributed by atoms with Gasteiger partial charge >= 0.3 is 0 Å². The van der Waals surface area contributed by atoms with Crippen LogP contribution in [0.25, 0.3) is 0 Å². The van der Waals surface area contributed by atoms with Gasteiger partial charge in [-0.05, 0) is 31.0 Å². The van der Waals surface area contributed by atoms with Crippen LogP contribution in [0.15, 0.2) is 18.2 Å². The third kappa shape index (κ3) is 4.61. The lowest BCUT2D eigenvalue weighted by Crippen LogP contribution is -2.45. The van der Waals surface area contributed by atoms with Crippen molar-refractivity contribution in [3.63, 3.8) is 0 Å². The molecule has 1 aliphatic heterocycles. The van der Waals surface area contributed by atoms with Gasteiger partial charge in [-0.1, -0.05) is 44.0 Å². The molecule has 1 aromatic rings. The summed E-state index contributed by atoms with van der Waals surface area (Å²) >= 11 is 12.0. The summed E-state index contributed by atoms with van der Waals surface area (Å²) in [6.07, 6.45) is 1.32. The Hall–Kier alpha value is -1.26. The lowest BCUT2D eigenvalue weighted by Gasteiger charge is -2.35. The van der Waals surface area contributed by atoms with Crippen LogP contribution >= 0.6 is 23.2 Å². The summed E-state index contributed by atoms with van der Waals surface area (Å²) in [7, 11) is 0. The monoisotopic (exact) mass is 356 g/mol. The molecule has 2 amide bonds. The predicted molar refractivity (Wildman–Crippen MR) is 93.9 cm³/mol. The van der Waals surface area contributed by atoms with Crippen molar-refractivity contribution in [2.75, 3.05) is 18.4 Å². The zero-order chi connectivity index (χ0) is 17.2. The molecular weight excluding hydrogens is 335 g/mol. The third-order valence-corrected chi connectivity index (χ3v) is 4.55. The number of piperidine rings is 1. The third-order valence-electron chi connectivity index (χ3n) is 3.98. The van der Waals surface area contributed by atoms with E-state index >= 15 is 0 Å². The first kappa shape index (κ1) is 18.1. The zero-order valence-electron chi connectivity index (χ0n) is 13.7. The van der Waals surface area contributed by atoms with E-state index in [1.54, 1.807) is 18.2 Å². The molecule has 0 aromatic heterocycles. The van der Waals surface area contributed by atoms with E-state index in [4.69, 9.17) is 23.2 Å². The molecule has 0 radical (unpaired) electrons. The molecule has 126 valence electrons. The lowest BCUT2D eigenvalue weighted by molar-refractivity contribution is -0.142. The quantitative estimate of drug-likeness (QED) is 0.862. The lowest BCUT2D eigenvalue weighted by atomic mass is 9.90. The molecular formula is C17H22Cl2N2O2. The van der Waals surface area contributed by atoms with Gasteiger partial charge in [-0.15, -0.1) is 0 Å². The van der Waals surface area contributed by atoms with Gasteiger partial charge in [0.05, 0.1) is 10.7 Å². The summed E-state index contributed by atoms with van der Waals surface area (Å²) in [5.41, 5.74) is 0.140. The van der Waals surface area contributed by atoms with Gasteiger partial charge in [-0.3, -0.25) is 9.59 Å². The summed E-state index contributed by atoms with van der Waals surface area (Å²) in [5, 5.41) is 3.82. The standard InChI is InChI=1S/C17H22Cl2N2O2/c1-17(2,3)16(23)21-8-6-11(7-9-21)15(22)20-14-10-12(18)4-5-13(14)19/h4-5,10-11H,6-9H2,1-3H3,(H,20,22). The number of nitrogens with zero attached hydrogens (tertiary/aromatic N) is 1. The summed E-state index contributed by atoms with van der Waals surface area (Å²) in [6.45, 7) is 6.95. The summed E-state index contributed by atoms with van der Waals surface area (Å²) in [4.78, 5) is 26.5. The first-order valence-corrected chi connectivity index (χ1v) is 8.49. The van der Waals surface area contributed by atoms with Crippen LogP contribution in [-0.4, -0.2) is 29.8 Å². The molecule has 23 heavy (non-hydrogen) atoms. The Labute approximate surface area is 147 Å². The van der Waals surface area contributed by atoms with E-state index in [1.807, 2.05) is 25.7 Å². The number of likely N-dealkylation sites (tertiary alicyclic amines) is 1. The molecule has 1 heterocycles. The molecule has 0 unspecified atom stereocenters. The molecule has 1 fully saturated rings. The molecule has 1 aliphatic rings. The molecule has 0 spiro atoms. The maximum absolute atomic E-state index is 12.4. The van der Waals surface area contributed by atoms with Crippen molar-refractivity contribution in [1.29, 1.82) is 0 Å². The maximum atomic E-state index is 12.4. The van der Waals surface area contributed by atoms with Gasteiger partial charge in [-0.25, -0.2) is 0 Å². The second-order valence-corrected chi connectivity index (χ2v) is 7.77. The number of hydrogen-bond acceptors (Lipinski definition) is 2. The number of nitrogens with one attached hydrogen (secondary N) is 1. The van der Waals surface area contributed by atoms with Gasteiger partial charge in [0.15, 0.2) is 0 Å². The Balaban J connectivity index is 1.94. The van der Waals surface area contributed by atoms with Crippen LogP contribution in [0, 0.1) is 11.3 Å². The highest BCUT2D eigenvalue weighted by molar-refractivity contribution is 6.35. The number of carbonyl (C=O) groups excluding carboxylic acids is 2. The number of anilines is 1. The molecule has 6 heteroatoms. The minimum atomic E-state index is -0.386. The van der Waals surface area contributed by atoms with Crippen LogP contribution in [0.2, 0.25) is 10.0 Å². The Bertz CT molecular complexity index is 603. The molecule has 0 aliphatic carbocycles. The summed E-state index contributed by atoms with van der Waals surface area (Å²) in [6, 6.07) is 4.97. The maximum Gasteiger partial charge on any atom is 0.227 e. The van der Waals surface area contributed by atoms with E-state index in [9.17, 15) is 9.59 Å². The van der Waals surface area contributed by atoms with Crippen molar-refractivity contribution in [2.45, 2.75) is 33.6 Å². The normalized spacial score (nSPS) is 16.3. The highest BCUT2D eigenvalue weighted by atomic mass is 35.5. The molecule has 0 atom stereocenters. The topological polar surface area (TPSA) is 49.4 Å². The van der Waals surface area contributed by atoms with Crippen molar-refractivity contribution < 1.29 is 9.59 Å². The van der Waals surface area contributed by atoms with E-state index in [0.29, 0.717) is 41.7 Å². The number of rotatable bonds is 2. The van der Waals surface area contributed by atoms with Crippen LogP contribution < -0.4 is 5.32 Å². The minimum absolute atomic E-state index is 0.0722. The predicted octanol–water partition coefficient (Wildman–Crippen LogP) is 4.22. The summed E-state index contributed by atoms with van der Waals surface area (Å²) < 4.78 is 0. The van der Waals surface area contributed by atoms with Crippen molar-refractivity contribution >= 4 is 40.7 Å². The molecule has 0 bridgehead atoms. The molecule has 2 rings (SSSR count). The van der Waals surface area contributed by atoms with Crippen LogP contribution in [0.5, 0.6) is 0 Å². The van der Waals surface area contributed by atoms with Crippen LogP contribution in [0.4, 0.5) is 5.69 Å². The van der Waals surface area contributed by atoms with Gasteiger partial charge in [-0.2, -0.15) is 0 Å². The highest BCUT2D eigenvalue weighted by Crippen LogP contribution is 2.28. The number of amides is 2. The van der Waals surface area contributed by atoms with E-state index in [2.05, 4.69) is 5.32 Å². The second-order valence-electron chi connectivity index (χ2n) is 6.93. The first-order chi connectivity index (χ1) is 10.7. The average Bonchev–Trinajstić information content (AvgIpc) is 2.49. The fourth-order valence-corrected chi connectivity index (χ4v) is 2.98. The van der Waals surface area contributed by atoms with E-state index in [-0.39, 0.29) is 23.1 Å². The largest absolute Gasteiger partial charge is 0.342 e. The molecule has 1 N–H and O–H groups in total. The van der Waals surface area contributed by atoms with Crippen molar-refractivity contribution in [2.24, 2.45) is 11.3 Å². The number of carbonyl (C=O) groups is 2. The Morgan fingerprint density at radius 2 is 1.78 bits per heavy atom. The van der Waals surface area contributed by atoms with E-state index < -0.39 is 0 Å². The molecule has 1 saturated heterocycles. The molecule has 0 saturated carbocycles. The van der Waals surface area contributed by atoms with E-state index in [0.717, 1.165) is 0 Å². The first-order valence-electron chi connectivity index (χ1n) is 7.74. The van der Waals surface area contributed by atoms with Crippen LogP contribution in [0.1, 0.15) is 33.6 Å². The SMILES string of the molecule is CC(C)(C)C(=O)N1CCC(C(=O)Nc2cc(Cl)ccc2Cl)CC1. The average molecular weight is 357 g/mol. The van der Waals surface area contributed by atoms with Gasteiger partial charge in [0.2, 0.25) is 11.8 Å². The molecule has 1 aromatic carbocycles. The fourth-order valence-electron chi connectivity index (χ4n) is 2.65. The number of benzene rings is 1. The second kappa shape index (κ2) is 7.10. The van der Waals surface area contributed by atoms with Gasteiger partial charge in [0.1, 0.15) is 0 Å². The highest BCUT2D eigenvalue weighted by Gasteiger charge is 2.32. The van der Waals surface area contributed by atoms with Crippen LogP contribution in [0.3, 0.4) is 0 Å². The van der Waals surface area contributed by atoms with Gasteiger partial charge < -0.3 is 10.2 Å². The Morgan fingerprint density at radius 3 is 2.35 bits per heavy atom. The summed E-state index contributed by atoms with van der Waals surface area (Å²) in [5.74, 6) is -0.0552. The van der Waals surface area contributed by atoms with Crippen molar-refractivity contribution in [3.8, 4) is 0 Å². The van der Waals surface area contributed by atoms with Crippen molar-refractivity contribution in [1.82, 2.24) is 4.90 Å². The zero-order valence-corrected chi connectivity index (χ0v) is 15.2. The molecule has 4 nitrogen and oxygen atoms in total. The fraction of sp³-hybridized carbons (Fsp3) is 0.529. The van der Waals surface area contributed by atoms with Crippen molar-refractivity contribution in [3.05, 3.63) is 28.2 Å².